The zero-order valence-electron chi connectivity index (χ0n) is 9.55. The van der Waals surface area contributed by atoms with Crippen molar-refractivity contribution in [3.05, 3.63) is 34.9 Å². The van der Waals surface area contributed by atoms with Crippen molar-refractivity contribution in [2.45, 2.75) is 39.5 Å². The summed E-state index contributed by atoms with van der Waals surface area (Å²) < 4.78 is 0. The van der Waals surface area contributed by atoms with Gasteiger partial charge < -0.3 is 0 Å². The van der Waals surface area contributed by atoms with Gasteiger partial charge in [-0.05, 0) is 37.8 Å². The van der Waals surface area contributed by atoms with Crippen molar-refractivity contribution in [3.63, 3.8) is 0 Å². The Labute approximate surface area is 91.5 Å². The van der Waals surface area contributed by atoms with Crippen LogP contribution in [-0.2, 0) is 11.2 Å². The lowest BCUT2D eigenvalue weighted by Crippen LogP contribution is -2.23. The summed E-state index contributed by atoms with van der Waals surface area (Å²) in [6, 6.07) is 6.36. The van der Waals surface area contributed by atoms with E-state index in [1.165, 1.54) is 23.1 Å². The van der Waals surface area contributed by atoms with E-state index >= 15 is 0 Å². The van der Waals surface area contributed by atoms with E-state index in [9.17, 15) is 4.79 Å². The number of aryl methyl sites for hydroxylation is 2. The van der Waals surface area contributed by atoms with Crippen molar-refractivity contribution in [1.29, 1.82) is 0 Å². The number of hydrogen-bond acceptors (Lipinski definition) is 1. The largest absolute Gasteiger partial charge is 0.299 e. The summed E-state index contributed by atoms with van der Waals surface area (Å²) in [5, 5.41) is 0. The minimum atomic E-state index is 0.366. The molecule has 0 unspecified atom stereocenters. The molecule has 1 fully saturated rings. The Morgan fingerprint density at radius 1 is 1.33 bits per heavy atom. The third kappa shape index (κ3) is 2.28. The third-order valence-corrected chi connectivity index (χ3v) is 3.43. The van der Waals surface area contributed by atoms with Crippen LogP contribution < -0.4 is 0 Å². The van der Waals surface area contributed by atoms with Gasteiger partial charge in [-0.3, -0.25) is 4.79 Å². The molecule has 0 spiro atoms. The number of hydrogen-bond donors (Lipinski definition) is 0. The van der Waals surface area contributed by atoms with E-state index in [1.54, 1.807) is 0 Å². The maximum Gasteiger partial charge on any atom is 0.140 e. The van der Waals surface area contributed by atoms with E-state index in [4.69, 9.17) is 0 Å². The van der Waals surface area contributed by atoms with Crippen LogP contribution in [0.3, 0.4) is 0 Å². The molecule has 0 bridgehead atoms. The van der Waals surface area contributed by atoms with Crippen LogP contribution in [0.1, 0.15) is 36.0 Å². The lowest BCUT2D eigenvalue weighted by Gasteiger charge is -2.24. The summed E-state index contributed by atoms with van der Waals surface area (Å²) in [6.07, 6.45) is 4.11. The van der Waals surface area contributed by atoms with Crippen molar-refractivity contribution in [2.75, 3.05) is 0 Å². The van der Waals surface area contributed by atoms with Crippen LogP contribution in [0.25, 0.3) is 0 Å². The first kappa shape index (κ1) is 10.4. The number of carbonyl (C=O) groups is 1. The molecular weight excluding hydrogens is 184 g/mol. The van der Waals surface area contributed by atoms with Gasteiger partial charge in [0.05, 0.1) is 0 Å². The Hall–Kier alpha value is -1.11. The molecule has 1 aliphatic rings. The molecule has 0 N–H and O–H groups in total. The summed E-state index contributed by atoms with van der Waals surface area (Å²) in [6.45, 7) is 4.17. The van der Waals surface area contributed by atoms with Gasteiger partial charge in [0.2, 0.25) is 0 Å². The van der Waals surface area contributed by atoms with Gasteiger partial charge in [-0.2, -0.15) is 0 Å². The van der Waals surface area contributed by atoms with Gasteiger partial charge in [-0.25, -0.2) is 0 Å². The predicted molar refractivity (Wildman–Crippen MR) is 62.0 cm³/mol. The molecule has 0 atom stereocenters. The highest BCUT2D eigenvalue weighted by Gasteiger charge is 2.25. The van der Waals surface area contributed by atoms with E-state index in [2.05, 4.69) is 32.0 Å². The quantitative estimate of drug-likeness (QED) is 0.735. The van der Waals surface area contributed by atoms with E-state index < -0.39 is 0 Å². The van der Waals surface area contributed by atoms with Crippen LogP contribution in [0.15, 0.2) is 18.2 Å². The number of benzene rings is 1. The summed E-state index contributed by atoms with van der Waals surface area (Å²) in [5.74, 6) is 0.805. The fraction of sp³-hybridized carbons (Fsp3) is 0.500. The highest BCUT2D eigenvalue weighted by atomic mass is 16.1. The SMILES string of the molecule is Cc1ccc(C)c(CC(=O)C2CCC2)c1. The predicted octanol–water partition coefficient (Wildman–Crippen LogP) is 3.22. The molecule has 0 amide bonds. The summed E-state index contributed by atoms with van der Waals surface area (Å²) >= 11 is 0. The first-order valence-corrected chi connectivity index (χ1v) is 5.75. The maximum atomic E-state index is 11.9. The molecule has 1 saturated carbocycles. The lowest BCUT2D eigenvalue weighted by atomic mass is 9.80. The molecule has 0 saturated heterocycles. The molecule has 1 heteroatoms. The molecule has 80 valence electrons. The average molecular weight is 202 g/mol. The summed E-state index contributed by atoms with van der Waals surface area (Å²) in [4.78, 5) is 11.9. The second kappa shape index (κ2) is 4.18. The van der Waals surface area contributed by atoms with Crippen molar-refractivity contribution in [3.8, 4) is 0 Å². The zero-order valence-corrected chi connectivity index (χ0v) is 9.55. The Bertz CT molecular complexity index is 375. The van der Waals surface area contributed by atoms with Crippen LogP contribution >= 0.6 is 0 Å². The van der Waals surface area contributed by atoms with Crippen molar-refractivity contribution in [2.24, 2.45) is 5.92 Å². The normalized spacial score (nSPS) is 16.1. The van der Waals surface area contributed by atoms with Crippen LogP contribution in [0, 0.1) is 19.8 Å². The Morgan fingerprint density at radius 2 is 2.07 bits per heavy atom. The summed E-state index contributed by atoms with van der Waals surface area (Å²) in [7, 11) is 0. The third-order valence-electron chi connectivity index (χ3n) is 3.43. The highest BCUT2D eigenvalue weighted by Crippen LogP contribution is 2.28. The monoisotopic (exact) mass is 202 g/mol. The van der Waals surface area contributed by atoms with E-state index in [0.29, 0.717) is 18.1 Å². The Kier molecular flexibility index (Phi) is 2.90. The lowest BCUT2D eigenvalue weighted by molar-refractivity contribution is -0.124. The Morgan fingerprint density at radius 3 is 2.67 bits per heavy atom. The van der Waals surface area contributed by atoms with Crippen LogP contribution in [0.4, 0.5) is 0 Å². The average Bonchev–Trinajstić information content (AvgIpc) is 2.08. The number of ketones is 1. The smallest absolute Gasteiger partial charge is 0.140 e. The van der Waals surface area contributed by atoms with Crippen molar-refractivity contribution < 1.29 is 4.79 Å². The molecule has 0 radical (unpaired) electrons. The van der Waals surface area contributed by atoms with Gasteiger partial charge in [-0.1, -0.05) is 30.2 Å². The molecule has 0 aliphatic heterocycles. The maximum absolute atomic E-state index is 11.9. The zero-order chi connectivity index (χ0) is 10.8. The molecule has 1 nitrogen and oxygen atoms in total. The number of rotatable bonds is 3. The molecule has 1 aliphatic carbocycles. The molecule has 1 aromatic carbocycles. The second-order valence-corrected chi connectivity index (χ2v) is 4.70. The van der Waals surface area contributed by atoms with Gasteiger partial charge in [0.15, 0.2) is 0 Å². The minimum absolute atomic E-state index is 0.366. The second-order valence-electron chi connectivity index (χ2n) is 4.70. The van der Waals surface area contributed by atoms with E-state index in [0.717, 1.165) is 12.8 Å². The minimum Gasteiger partial charge on any atom is -0.299 e. The van der Waals surface area contributed by atoms with Crippen molar-refractivity contribution in [1.82, 2.24) is 0 Å². The molecule has 0 heterocycles. The fourth-order valence-electron chi connectivity index (χ4n) is 2.05. The van der Waals surface area contributed by atoms with Gasteiger partial charge >= 0.3 is 0 Å². The topological polar surface area (TPSA) is 17.1 Å². The summed E-state index contributed by atoms with van der Waals surface area (Å²) in [5.41, 5.74) is 3.71. The molecule has 0 aromatic heterocycles. The highest BCUT2D eigenvalue weighted by molar-refractivity contribution is 5.84. The fourth-order valence-corrected chi connectivity index (χ4v) is 2.05. The first-order chi connectivity index (χ1) is 7.16. The van der Waals surface area contributed by atoms with E-state index in [-0.39, 0.29) is 0 Å². The molecule has 15 heavy (non-hydrogen) atoms. The van der Waals surface area contributed by atoms with Crippen molar-refractivity contribution >= 4 is 5.78 Å². The van der Waals surface area contributed by atoms with Crippen LogP contribution in [-0.4, -0.2) is 5.78 Å². The van der Waals surface area contributed by atoms with Crippen LogP contribution in [0.5, 0.6) is 0 Å². The number of Topliss-reactive ketones (excluding diaryl/α,β-unsaturated/α-hetero) is 1. The van der Waals surface area contributed by atoms with Gasteiger partial charge in [-0.15, -0.1) is 0 Å². The molecule has 2 rings (SSSR count). The molecular formula is C14H18O. The van der Waals surface area contributed by atoms with E-state index in [1.807, 2.05) is 0 Å². The van der Waals surface area contributed by atoms with Gasteiger partial charge in [0.1, 0.15) is 5.78 Å². The Balaban J connectivity index is 2.09. The first-order valence-electron chi connectivity index (χ1n) is 5.75. The molecule has 1 aromatic rings. The van der Waals surface area contributed by atoms with Crippen LogP contribution in [0.2, 0.25) is 0 Å². The number of carbonyl (C=O) groups excluding carboxylic acids is 1. The standard InChI is InChI=1S/C14H18O/c1-10-6-7-11(2)13(8-10)9-14(15)12-4-3-5-12/h6-8,12H,3-5,9H2,1-2H3. The van der Waals surface area contributed by atoms with Gasteiger partial charge in [0, 0.05) is 12.3 Å². The van der Waals surface area contributed by atoms with Gasteiger partial charge in [0.25, 0.3) is 0 Å².